The van der Waals surface area contributed by atoms with Crippen LogP contribution in [-0.4, -0.2) is 54.9 Å². The quantitative estimate of drug-likeness (QED) is 0.697. The van der Waals surface area contributed by atoms with Crippen molar-refractivity contribution in [1.82, 2.24) is 15.5 Å². The van der Waals surface area contributed by atoms with Crippen LogP contribution in [0.15, 0.2) is 0 Å². The Morgan fingerprint density at radius 3 is 2.48 bits per heavy atom. The number of carbonyl (C=O) groups excluding carboxylic acids is 1. The molecule has 1 saturated heterocycles. The van der Waals surface area contributed by atoms with Crippen molar-refractivity contribution in [2.45, 2.75) is 51.6 Å². The molecular formula is C16H31N3O2. The lowest BCUT2D eigenvalue weighted by atomic mass is 9.97. The number of aliphatic hydroxyl groups excluding tert-OH is 1. The van der Waals surface area contributed by atoms with Crippen LogP contribution in [0.2, 0.25) is 0 Å². The molecule has 0 aromatic heterocycles. The van der Waals surface area contributed by atoms with E-state index < -0.39 is 0 Å². The van der Waals surface area contributed by atoms with Crippen LogP contribution >= 0.6 is 0 Å². The number of likely N-dealkylation sites (tertiary alicyclic amines) is 1. The molecule has 1 saturated carbocycles. The maximum Gasteiger partial charge on any atom is 0.314 e. The lowest BCUT2D eigenvalue weighted by molar-refractivity contribution is 0.132. The van der Waals surface area contributed by atoms with Gasteiger partial charge < -0.3 is 20.6 Å². The number of hydrogen-bond donors (Lipinski definition) is 3. The van der Waals surface area contributed by atoms with Crippen molar-refractivity contribution in [2.24, 2.45) is 11.8 Å². The predicted molar refractivity (Wildman–Crippen MR) is 84.2 cm³/mol. The van der Waals surface area contributed by atoms with E-state index in [-0.39, 0.29) is 18.1 Å². The molecule has 122 valence electrons. The number of nitrogens with zero attached hydrogens (tertiary/aromatic N) is 1. The van der Waals surface area contributed by atoms with E-state index in [1.54, 1.807) is 0 Å². The highest BCUT2D eigenvalue weighted by Crippen LogP contribution is 2.24. The Labute approximate surface area is 128 Å². The third kappa shape index (κ3) is 5.47. The molecule has 0 aromatic rings. The van der Waals surface area contributed by atoms with Gasteiger partial charge in [0.25, 0.3) is 0 Å². The SMILES string of the molecule is CCCN1CCC(CNC(=O)NC[C@H]2CCC[C@@H]2O)CC1. The van der Waals surface area contributed by atoms with Gasteiger partial charge in [-0.05, 0) is 57.7 Å². The third-order valence-electron chi connectivity index (χ3n) is 4.94. The number of carbonyl (C=O) groups is 1. The molecule has 2 amide bonds. The summed E-state index contributed by atoms with van der Waals surface area (Å²) in [7, 11) is 0. The third-order valence-corrected chi connectivity index (χ3v) is 4.94. The van der Waals surface area contributed by atoms with Crippen molar-refractivity contribution < 1.29 is 9.90 Å². The van der Waals surface area contributed by atoms with Gasteiger partial charge in [0, 0.05) is 19.0 Å². The summed E-state index contributed by atoms with van der Waals surface area (Å²) < 4.78 is 0. The molecular weight excluding hydrogens is 266 g/mol. The van der Waals surface area contributed by atoms with Gasteiger partial charge in [-0.1, -0.05) is 13.3 Å². The van der Waals surface area contributed by atoms with E-state index >= 15 is 0 Å². The molecule has 0 unspecified atom stereocenters. The summed E-state index contributed by atoms with van der Waals surface area (Å²) in [6, 6.07) is -0.0786. The van der Waals surface area contributed by atoms with E-state index in [0.29, 0.717) is 12.5 Å². The standard InChI is InChI=1S/C16H31N3O2/c1-2-8-19-9-6-13(7-10-19)11-17-16(21)18-12-14-4-3-5-15(14)20/h13-15,20H,2-12H2,1H3,(H2,17,18,21)/t14-,15+/m1/s1. The Balaban J connectivity index is 1.55. The zero-order valence-corrected chi connectivity index (χ0v) is 13.3. The predicted octanol–water partition coefficient (Wildman–Crippen LogP) is 1.57. The number of nitrogens with one attached hydrogen (secondary N) is 2. The lowest BCUT2D eigenvalue weighted by Gasteiger charge is -2.31. The molecule has 0 bridgehead atoms. The van der Waals surface area contributed by atoms with Crippen LogP contribution in [-0.2, 0) is 0 Å². The van der Waals surface area contributed by atoms with Gasteiger partial charge in [-0.15, -0.1) is 0 Å². The first-order valence-electron chi connectivity index (χ1n) is 8.61. The van der Waals surface area contributed by atoms with Gasteiger partial charge in [0.05, 0.1) is 6.10 Å². The van der Waals surface area contributed by atoms with Gasteiger partial charge >= 0.3 is 6.03 Å². The molecule has 2 rings (SSSR count). The van der Waals surface area contributed by atoms with Crippen LogP contribution in [0.5, 0.6) is 0 Å². The van der Waals surface area contributed by atoms with Gasteiger partial charge in [0.2, 0.25) is 0 Å². The molecule has 2 aliphatic rings. The van der Waals surface area contributed by atoms with Gasteiger partial charge in [-0.25, -0.2) is 4.79 Å². The molecule has 2 atom stereocenters. The van der Waals surface area contributed by atoms with Crippen LogP contribution in [0.25, 0.3) is 0 Å². The summed E-state index contributed by atoms with van der Waals surface area (Å²) in [6.07, 6.45) is 6.34. The number of hydrogen-bond acceptors (Lipinski definition) is 3. The average Bonchev–Trinajstić information content (AvgIpc) is 2.90. The average molecular weight is 297 g/mol. The van der Waals surface area contributed by atoms with Gasteiger partial charge in [0.15, 0.2) is 0 Å². The first-order chi connectivity index (χ1) is 10.2. The number of amides is 2. The molecule has 3 N–H and O–H groups in total. The molecule has 0 radical (unpaired) electrons. The van der Waals surface area contributed by atoms with Crippen LogP contribution in [0.4, 0.5) is 4.79 Å². The molecule has 21 heavy (non-hydrogen) atoms. The minimum absolute atomic E-state index is 0.0786. The second-order valence-electron chi connectivity index (χ2n) is 6.63. The Kier molecular flexibility index (Phi) is 6.77. The highest BCUT2D eigenvalue weighted by molar-refractivity contribution is 5.73. The van der Waals surface area contributed by atoms with E-state index in [9.17, 15) is 9.90 Å². The highest BCUT2D eigenvalue weighted by Gasteiger charge is 2.25. The smallest absolute Gasteiger partial charge is 0.314 e. The topological polar surface area (TPSA) is 64.6 Å². The Hall–Kier alpha value is -0.810. The second-order valence-corrected chi connectivity index (χ2v) is 6.63. The fraction of sp³-hybridized carbons (Fsp3) is 0.938. The zero-order valence-electron chi connectivity index (χ0n) is 13.3. The number of aliphatic hydroxyl groups is 1. The Bertz CT molecular complexity index is 317. The van der Waals surface area contributed by atoms with E-state index in [1.807, 2.05) is 0 Å². The fourth-order valence-electron chi connectivity index (χ4n) is 3.51. The Morgan fingerprint density at radius 1 is 1.14 bits per heavy atom. The number of piperidine rings is 1. The first kappa shape index (κ1) is 16.6. The van der Waals surface area contributed by atoms with E-state index in [2.05, 4.69) is 22.5 Å². The van der Waals surface area contributed by atoms with Crippen molar-refractivity contribution in [3.63, 3.8) is 0 Å². The first-order valence-corrected chi connectivity index (χ1v) is 8.61. The van der Waals surface area contributed by atoms with Crippen LogP contribution in [0, 0.1) is 11.8 Å². The summed E-state index contributed by atoms with van der Waals surface area (Å²) in [5.74, 6) is 0.856. The number of urea groups is 1. The molecule has 1 heterocycles. The maximum absolute atomic E-state index is 11.8. The van der Waals surface area contributed by atoms with Gasteiger partial charge in [-0.2, -0.15) is 0 Å². The van der Waals surface area contributed by atoms with Crippen LogP contribution in [0.1, 0.15) is 45.4 Å². The summed E-state index contributed by atoms with van der Waals surface area (Å²) in [6.45, 7) is 7.12. The minimum Gasteiger partial charge on any atom is -0.393 e. The number of rotatable bonds is 6. The van der Waals surface area contributed by atoms with Crippen LogP contribution < -0.4 is 10.6 Å². The molecule has 1 aliphatic heterocycles. The van der Waals surface area contributed by atoms with Crippen molar-refractivity contribution in [2.75, 3.05) is 32.7 Å². The monoisotopic (exact) mass is 297 g/mol. The normalized spacial score (nSPS) is 27.7. The Morgan fingerprint density at radius 2 is 1.86 bits per heavy atom. The summed E-state index contributed by atoms with van der Waals surface area (Å²) >= 11 is 0. The summed E-state index contributed by atoms with van der Waals surface area (Å²) in [5, 5.41) is 15.6. The summed E-state index contributed by atoms with van der Waals surface area (Å²) in [5.41, 5.74) is 0. The van der Waals surface area contributed by atoms with Gasteiger partial charge in [0.1, 0.15) is 0 Å². The largest absolute Gasteiger partial charge is 0.393 e. The molecule has 5 nitrogen and oxygen atoms in total. The van der Waals surface area contributed by atoms with Gasteiger partial charge in [-0.3, -0.25) is 0 Å². The molecule has 2 fully saturated rings. The van der Waals surface area contributed by atoms with E-state index in [0.717, 1.165) is 38.9 Å². The molecule has 0 spiro atoms. The van der Waals surface area contributed by atoms with E-state index in [1.165, 1.54) is 25.8 Å². The lowest BCUT2D eigenvalue weighted by Crippen LogP contribution is -2.43. The highest BCUT2D eigenvalue weighted by atomic mass is 16.3. The van der Waals surface area contributed by atoms with Crippen molar-refractivity contribution >= 4 is 6.03 Å². The second kappa shape index (κ2) is 8.59. The minimum atomic E-state index is -0.229. The molecule has 5 heteroatoms. The summed E-state index contributed by atoms with van der Waals surface area (Å²) in [4.78, 5) is 14.3. The zero-order chi connectivity index (χ0) is 15.1. The van der Waals surface area contributed by atoms with Crippen molar-refractivity contribution in [3.8, 4) is 0 Å². The van der Waals surface area contributed by atoms with E-state index in [4.69, 9.17) is 0 Å². The maximum atomic E-state index is 11.8. The van der Waals surface area contributed by atoms with Crippen molar-refractivity contribution in [3.05, 3.63) is 0 Å². The molecule has 0 aromatic carbocycles. The molecule has 1 aliphatic carbocycles. The fourth-order valence-corrected chi connectivity index (χ4v) is 3.51. The van der Waals surface area contributed by atoms with Crippen molar-refractivity contribution in [1.29, 1.82) is 0 Å². The van der Waals surface area contributed by atoms with Crippen LogP contribution in [0.3, 0.4) is 0 Å².